The Bertz CT molecular complexity index is 174. The summed E-state index contributed by atoms with van der Waals surface area (Å²) in [5.41, 5.74) is 0. The number of nitrogens with zero attached hydrogens (tertiary/aromatic N) is 1. The molecule has 0 radical (unpaired) electrons. The molecule has 3 heteroatoms. The third-order valence-corrected chi connectivity index (χ3v) is 3.21. The molecule has 104 valence electrons. The van der Waals surface area contributed by atoms with Crippen molar-refractivity contribution in [3.05, 3.63) is 0 Å². The minimum atomic E-state index is 0.496. The molecule has 0 saturated carbocycles. The fraction of sp³-hybridized carbons (Fsp3) is 1.00. The molecule has 0 saturated heterocycles. The Morgan fingerprint density at radius 1 is 1.12 bits per heavy atom. The van der Waals surface area contributed by atoms with E-state index in [1.807, 2.05) is 0 Å². The van der Waals surface area contributed by atoms with E-state index < -0.39 is 0 Å². The van der Waals surface area contributed by atoms with Crippen molar-refractivity contribution < 1.29 is 4.74 Å². The maximum atomic E-state index is 5.26. The van der Waals surface area contributed by atoms with Gasteiger partial charge in [0.15, 0.2) is 0 Å². The van der Waals surface area contributed by atoms with Crippen molar-refractivity contribution in [1.29, 1.82) is 0 Å². The van der Waals surface area contributed by atoms with E-state index in [1.165, 1.54) is 6.42 Å². The number of likely N-dealkylation sites (N-methyl/N-ethyl adjacent to an activating group) is 1. The van der Waals surface area contributed by atoms with E-state index in [-0.39, 0.29) is 0 Å². The summed E-state index contributed by atoms with van der Waals surface area (Å²) in [7, 11) is 1.78. The van der Waals surface area contributed by atoms with Gasteiger partial charge in [0.2, 0.25) is 0 Å². The van der Waals surface area contributed by atoms with E-state index in [1.54, 1.807) is 7.11 Å². The van der Waals surface area contributed by atoms with Gasteiger partial charge in [-0.05, 0) is 32.4 Å². The lowest BCUT2D eigenvalue weighted by molar-refractivity contribution is 0.0710. The van der Waals surface area contributed by atoms with Crippen LogP contribution < -0.4 is 5.32 Å². The average Bonchev–Trinajstić information content (AvgIpc) is 2.27. The van der Waals surface area contributed by atoms with E-state index in [0.29, 0.717) is 12.1 Å². The predicted molar refractivity (Wildman–Crippen MR) is 75.5 cm³/mol. The summed E-state index contributed by atoms with van der Waals surface area (Å²) < 4.78 is 5.26. The second-order valence-corrected chi connectivity index (χ2v) is 5.25. The molecule has 0 spiro atoms. The average molecular weight is 244 g/mol. The number of hydrogen-bond acceptors (Lipinski definition) is 3. The van der Waals surface area contributed by atoms with Crippen molar-refractivity contribution in [3.63, 3.8) is 0 Å². The Labute approximate surface area is 108 Å². The van der Waals surface area contributed by atoms with E-state index in [2.05, 4.69) is 44.8 Å². The molecule has 0 rings (SSSR count). The van der Waals surface area contributed by atoms with Crippen LogP contribution in [0.1, 0.15) is 41.0 Å². The fourth-order valence-electron chi connectivity index (χ4n) is 2.30. The zero-order valence-corrected chi connectivity index (χ0v) is 12.6. The van der Waals surface area contributed by atoms with Gasteiger partial charge in [-0.3, -0.25) is 4.90 Å². The Morgan fingerprint density at radius 3 is 2.18 bits per heavy atom. The lowest BCUT2D eigenvalue weighted by Crippen LogP contribution is -2.48. The van der Waals surface area contributed by atoms with Crippen molar-refractivity contribution in [1.82, 2.24) is 10.2 Å². The zero-order valence-electron chi connectivity index (χ0n) is 12.6. The SMILES string of the molecule is CCC(CNCC(C)C)N(CC)C(C)COC. The van der Waals surface area contributed by atoms with E-state index >= 15 is 0 Å². The molecule has 2 atom stereocenters. The summed E-state index contributed by atoms with van der Waals surface area (Å²) in [4.78, 5) is 2.54. The van der Waals surface area contributed by atoms with Crippen LogP contribution in [0, 0.1) is 5.92 Å². The van der Waals surface area contributed by atoms with Crippen molar-refractivity contribution in [2.45, 2.75) is 53.1 Å². The maximum Gasteiger partial charge on any atom is 0.0615 e. The minimum Gasteiger partial charge on any atom is -0.383 e. The van der Waals surface area contributed by atoms with Gasteiger partial charge in [0.1, 0.15) is 0 Å². The van der Waals surface area contributed by atoms with E-state index in [9.17, 15) is 0 Å². The Kier molecular flexibility index (Phi) is 9.79. The zero-order chi connectivity index (χ0) is 13.3. The highest BCUT2D eigenvalue weighted by molar-refractivity contribution is 4.77. The summed E-state index contributed by atoms with van der Waals surface area (Å²) in [6.45, 7) is 15.3. The van der Waals surface area contributed by atoms with Gasteiger partial charge >= 0.3 is 0 Å². The summed E-state index contributed by atoms with van der Waals surface area (Å²) in [5.74, 6) is 0.721. The summed E-state index contributed by atoms with van der Waals surface area (Å²) in [6, 6.07) is 1.11. The minimum absolute atomic E-state index is 0.496. The highest BCUT2D eigenvalue weighted by atomic mass is 16.5. The molecule has 0 heterocycles. The van der Waals surface area contributed by atoms with Gasteiger partial charge in [-0.1, -0.05) is 27.7 Å². The molecule has 0 aliphatic rings. The van der Waals surface area contributed by atoms with E-state index in [4.69, 9.17) is 4.74 Å². The first kappa shape index (κ1) is 16.9. The van der Waals surface area contributed by atoms with Crippen LogP contribution in [0.3, 0.4) is 0 Å². The van der Waals surface area contributed by atoms with Gasteiger partial charge in [-0.15, -0.1) is 0 Å². The standard InChI is InChI=1S/C14H32N2O/c1-7-14(10-15-9-12(3)4)16(8-2)13(5)11-17-6/h12-15H,7-11H2,1-6H3. The number of methoxy groups -OCH3 is 1. The smallest absolute Gasteiger partial charge is 0.0615 e. The number of rotatable bonds is 10. The third-order valence-electron chi connectivity index (χ3n) is 3.21. The first-order chi connectivity index (χ1) is 8.06. The van der Waals surface area contributed by atoms with Gasteiger partial charge < -0.3 is 10.1 Å². The lowest BCUT2D eigenvalue weighted by Gasteiger charge is -2.35. The van der Waals surface area contributed by atoms with Gasteiger partial charge in [-0.25, -0.2) is 0 Å². The van der Waals surface area contributed by atoms with Gasteiger partial charge in [-0.2, -0.15) is 0 Å². The summed E-state index contributed by atoms with van der Waals surface area (Å²) in [6.07, 6.45) is 1.19. The van der Waals surface area contributed by atoms with E-state index in [0.717, 1.165) is 32.2 Å². The molecule has 2 unspecified atom stereocenters. The van der Waals surface area contributed by atoms with Crippen molar-refractivity contribution in [2.75, 3.05) is 33.4 Å². The van der Waals surface area contributed by atoms with Crippen LogP contribution in [0.4, 0.5) is 0 Å². The normalized spacial score (nSPS) is 15.5. The van der Waals surface area contributed by atoms with Gasteiger partial charge in [0, 0.05) is 25.7 Å². The van der Waals surface area contributed by atoms with Crippen molar-refractivity contribution in [3.8, 4) is 0 Å². The monoisotopic (exact) mass is 244 g/mol. The Morgan fingerprint density at radius 2 is 1.76 bits per heavy atom. The molecule has 1 N–H and O–H groups in total. The molecular formula is C14H32N2O. The first-order valence-corrected chi connectivity index (χ1v) is 7.02. The van der Waals surface area contributed by atoms with Gasteiger partial charge in [0.25, 0.3) is 0 Å². The molecule has 0 aliphatic carbocycles. The molecule has 3 nitrogen and oxygen atoms in total. The van der Waals surface area contributed by atoms with Crippen LogP contribution in [-0.2, 0) is 4.74 Å². The predicted octanol–water partition coefficient (Wildman–Crippen LogP) is 2.37. The number of nitrogens with one attached hydrogen (secondary N) is 1. The number of ether oxygens (including phenoxy) is 1. The molecule has 0 aromatic rings. The Hall–Kier alpha value is -0.120. The van der Waals surface area contributed by atoms with Crippen molar-refractivity contribution in [2.24, 2.45) is 5.92 Å². The van der Waals surface area contributed by atoms with Crippen molar-refractivity contribution >= 4 is 0 Å². The molecule has 17 heavy (non-hydrogen) atoms. The van der Waals surface area contributed by atoms with Crippen LogP contribution in [0.5, 0.6) is 0 Å². The summed E-state index contributed by atoms with van der Waals surface area (Å²) >= 11 is 0. The molecule has 0 aliphatic heterocycles. The summed E-state index contributed by atoms with van der Waals surface area (Å²) in [5, 5.41) is 3.57. The second-order valence-electron chi connectivity index (χ2n) is 5.25. The fourth-order valence-corrected chi connectivity index (χ4v) is 2.30. The highest BCUT2D eigenvalue weighted by Crippen LogP contribution is 2.09. The Balaban J connectivity index is 4.17. The number of hydrogen-bond donors (Lipinski definition) is 1. The highest BCUT2D eigenvalue weighted by Gasteiger charge is 2.20. The molecule has 0 fully saturated rings. The molecule has 0 bridgehead atoms. The molecule has 0 aromatic carbocycles. The maximum absolute atomic E-state index is 5.26. The molecule has 0 aromatic heterocycles. The first-order valence-electron chi connectivity index (χ1n) is 7.02. The van der Waals surface area contributed by atoms with Crippen LogP contribution in [0.2, 0.25) is 0 Å². The third kappa shape index (κ3) is 7.02. The van der Waals surface area contributed by atoms with Crippen LogP contribution >= 0.6 is 0 Å². The lowest BCUT2D eigenvalue weighted by atomic mass is 10.1. The van der Waals surface area contributed by atoms with Gasteiger partial charge in [0.05, 0.1) is 6.61 Å². The molecule has 0 amide bonds. The molecular weight excluding hydrogens is 212 g/mol. The van der Waals surface area contributed by atoms with Crippen LogP contribution in [0.25, 0.3) is 0 Å². The van der Waals surface area contributed by atoms with Crippen LogP contribution in [-0.4, -0.2) is 50.3 Å². The quantitative estimate of drug-likeness (QED) is 0.638. The largest absolute Gasteiger partial charge is 0.383 e. The van der Waals surface area contributed by atoms with Crippen LogP contribution in [0.15, 0.2) is 0 Å². The topological polar surface area (TPSA) is 24.5 Å². The second kappa shape index (κ2) is 9.86.